The number of thioether (sulfide) groups is 1. The molecule has 0 fully saturated rings. The summed E-state index contributed by atoms with van der Waals surface area (Å²) in [5.41, 5.74) is 2.55. The number of methoxy groups -OCH3 is 1. The number of hydrogen-bond donors (Lipinski definition) is 2. The van der Waals surface area contributed by atoms with Gasteiger partial charge in [0.05, 0.1) is 7.11 Å². The van der Waals surface area contributed by atoms with Gasteiger partial charge in [-0.05, 0) is 30.7 Å². The molecule has 26 heavy (non-hydrogen) atoms. The van der Waals surface area contributed by atoms with E-state index in [1.54, 1.807) is 19.2 Å². The van der Waals surface area contributed by atoms with Crippen molar-refractivity contribution in [3.8, 4) is 17.1 Å². The molecule has 1 aromatic heterocycles. The second-order valence-corrected chi connectivity index (χ2v) is 6.68. The van der Waals surface area contributed by atoms with Crippen LogP contribution in [0, 0.1) is 6.92 Å². The number of carbonyl (C=O) groups excluding carboxylic acids is 1. The van der Waals surface area contributed by atoms with Crippen LogP contribution in [0.1, 0.15) is 15.9 Å². The summed E-state index contributed by atoms with van der Waals surface area (Å²) in [6.07, 6.45) is 0. The van der Waals surface area contributed by atoms with E-state index in [4.69, 9.17) is 4.74 Å². The number of nitrogens with one attached hydrogen (secondary N) is 2. The molecular weight excluding hydrogens is 348 g/mol. The fourth-order valence-electron chi connectivity index (χ4n) is 2.46. The molecule has 6 nitrogen and oxygen atoms in total. The standard InChI is InChI=1S/C19H20N4O2S/c1-13-12-15(8-9-16(13)25-2)18(24)20-10-11-26-19-21-17(22-23-19)14-6-4-3-5-7-14/h3-9,12H,10-11H2,1-2H3,(H,20,24)(H,21,22,23). The number of ether oxygens (including phenoxy) is 1. The lowest BCUT2D eigenvalue weighted by atomic mass is 10.1. The Morgan fingerprint density at radius 2 is 2.04 bits per heavy atom. The van der Waals surface area contributed by atoms with Crippen molar-refractivity contribution in [3.63, 3.8) is 0 Å². The van der Waals surface area contributed by atoms with Gasteiger partial charge >= 0.3 is 0 Å². The fraction of sp³-hybridized carbons (Fsp3) is 0.211. The van der Waals surface area contributed by atoms with Crippen LogP contribution in [0.5, 0.6) is 5.75 Å². The first-order chi connectivity index (χ1) is 12.7. The summed E-state index contributed by atoms with van der Waals surface area (Å²) >= 11 is 1.49. The number of aromatic amines is 1. The first-order valence-corrected chi connectivity index (χ1v) is 9.19. The first-order valence-electron chi connectivity index (χ1n) is 8.21. The summed E-state index contributed by atoms with van der Waals surface area (Å²) in [6, 6.07) is 15.2. The molecule has 7 heteroatoms. The maximum Gasteiger partial charge on any atom is 0.251 e. The van der Waals surface area contributed by atoms with E-state index in [-0.39, 0.29) is 5.91 Å². The quantitative estimate of drug-likeness (QED) is 0.494. The molecule has 1 heterocycles. The summed E-state index contributed by atoms with van der Waals surface area (Å²) < 4.78 is 5.21. The van der Waals surface area contributed by atoms with Gasteiger partial charge in [-0.15, -0.1) is 5.10 Å². The van der Waals surface area contributed by atoms with Crippen LogP contribution in [0.25, 0.3) is 11.4 Å². The zero-order valence-corrected chi connectivity index (χ0v) is 15.5. The van der Waals surface area contributed by atoms with Crippen LogP contribution in [0.2, 0.25) is 0 Å². The molecule has 0 radical (unpaired) electrons. The van der Waals surface area contributed by atoms with Crippen molar-refractivity contribution in [1.82, 2.24) is 20.5 Å². The Morgan fingerprint density at radius 3 is 2.77 bits per heavy atom. The van der Waals surface area contributed by atoms with Crippen LogP contribution in [0.15, 0.2) is 53.7 Å². The van der Waals surface area contributed by atoms with Crippen molar-refractivity contribution < 1.29 is 9.53 Å². The molecule has 0 atom stereocenters. The maximum atomic E-state index is 12.2. The van der Waals surface area contributed by atoms with E-state index >= 15 is 0 Å². The molecule has 0 aliphatic rings. The van der Waals surface area contributed by atoms with Gasteiger partial charge in [0.25, 0.3) is 5.91 Å². The van der Waals surface area contributed by atoms with Gasteiger partial charge < -0.3 is 10.1 Å². The lowest BCUT2D eigenvalue weighted by molar-refractivity contribution is 0.0956. The summed E-state index contributed by atoms with van der Waals surface area (Å²) in [6.45, 7) is 2.45. The van der Waals surface area contributed by atoms with Crippen LogP contribution in [-0.2, 0) is 0 Å². The molecule has 3 rings (SSSR count). The number of carbonyl (C=O) groups is 1. The van der Waals surface area contributed by atoms with Crippen LogP contribution >= 0.6 is 11.8 Å². The highest BCUT2D eigenvalue weighted by atomic mass is 32.2. The largest absolute Gasteiger partial charge is 0.496 e. The number of rotatable bonds is 7. The Bertz CT molecular complexity index is 880. The van der Waals surface area contributed by atoms with Gasteiger partial charge in [-0.2, -0.15) is 0 Å². The molecule has 0 saturated carbocycles. The molecule has 3 aromatic rings. The van der Waals surface area contributed by atoms with E-state index in [0.717, 1.165) is 22.7 Å². The molecule has 0 aliphatic heterocycles. The topological polar surface area (TPSA) is 79.9 Å². The predicted molar refractivity (Wildman–Crippen MR) is 103 cm³/mol. The molecular formula is C19H20N4O2S. The smallest absolute Gasteiger partial charge is 0.251 e. The van der Waals surface area contributed by atoms with Crippen molar-refractivity contribution >= 4 is 17.7 Å². The van der Waals surface area contributed by atoms with E-state index in [9.17, 15) is 4.79 Å². The predicted octanol–water partition coefficient (Wildman–Crippen LogP) is 3.31. The molecule has 0 aliphatic carbocycles. The highest BCUT2D eigenvalue weighted by Gasteiger charge is 2.09. The fourth-order valence-corrected chi connectivity index (χ4v) is 3.12. The monoisotopic (exact) mass is 368 g/mol. The van der Waals surface area contributed by atoms with E-state index in [1.807, 2.05) is 43.3 Å². The van der Waals surface area contributed by atoms with Gasteiger partial charge in [0.15, 0.2) is 5.82 Å². The van der Waals surface area contributed by atoms with Gasteiger partial charge in [0, 0.05) is 23.4 Å². The minimum Gasteiger partial charge on any atom is -0.496 e. The van der Waals surface area contributed by atoms with E-state index < -0.39 is 0 Å². The molecule has 0 saturated heterocycles. The number of benzene rings is 2. The van der Waals surface area contributed by atoms with Gasteiger partial charge in [0.2, 0.25) is 5.16 Å². The van der Waals surface area contributed by atoms with Gasteiger partial charge in [-0.1, -0.05) is 42.1 Å². The van der Waals surface area contributed by atoms with Crippen molar-refractivity contribution in [1.29, 1.82) is 0 Å². The third-order valence-electron chi connectivity index (χ3n) is 3.79. The van der Waals surface area contributed by atoms with Crippen molar-refractivity contribution in [2.45, 2.75) is 12.1 Å². The van der Waals surface area contributed by atoms with Gasteiger partial charge in [-0.3, -0.25) is 9.89 Å². The Morgan fingerprint density at radius 1 is 1.23 bits per heavy atom. The zero-order chi connectivity index (χ0) is 18.4. The number of H-pyrrole nitrogens is 1. The number of amides is 1. The minimum atomic E-state index is -0.101. The molecule has 0 spiro atoms. The van der Waals surface area contributed by atoms with Crippen molar-refractivity contribution in [2.24, 2.45) is 0 Å². The number of aryl methyl sites for hydroxylation is 1. The van der Waals surface area contributed by atoms with Gasteiger partial charge in [-0.25, -0.2) is 4.98 Å². The highest BCUT2D eigenvalue weighted by Crippen LogP contribution is 2.19. The van der Waals surface area contributed by atoms with Crippen molar-refractivity contribution in [2.75, 3.05) is 19.4 Å². The molecule has 2 aromatic carbocycles. The molecule has 1 amide bonds. The Labute approximate surface area is 156 Å². The lowest BCUT2D eigenvalue weighted by Gasteiger charge is -2.08. The normalized spacial score (nSPS) is 10.5. The van der Waals surface area contributed by atoms with Crippen molar-refractivity contribution in [3.05, 3.63) is 59.7 Å². The Balaban J connectivity index is 1.48. The third-order valence-corrected chi connectivity index (χ3v) is 4.64. The SMILES string of the molecule is COc1ccc(C(=O)NCCSc2n[nH]c(-c3ccccc3)n2)cc1C. The number of aromatic nitrogens is 3. The number of hydrogen-bond acceptors (Lipinski definition) is 5. The van der Waals surface area contributed by atoms with E-state index in [2.05, 4.69) is 20.5 Å². The summed E-state index contributed by atoms with van der Waals surface area (Å²) in [7, 11) is 1.62. The van der Waals surface area contributed by atoms with Gasteiger partial charge in [0.1, 0.15) is 5.75 Å². The van der Waals surface area contributed by atoms with Crippen LogP contribution in [0.4, 0.5) is 0 Å². The van der Waals surface area contributed by atoms with Crippen LogP contribution in [-0.4, -0.2) is 40.5 Å². The van der Waals surface area contributed by atoms with E-state index in [1.165, 1.54) is 11.8 Å². The summed E-state index contributed by atoms with van der Waals surface area (Å²) in [5.74, 6) is 2.10. The second kappa shape index (κ2) is 8.53. The Kier molecular flexibility index (Phi) is 5.91. The molecule has 134 valence electrons. The summed E-state index contributed by atoms with van der Waals surface area (Å²) in [5, 5.41) is 10.7. The summed E-state index contributed by atoms with van der Waals surface area (Å²) in [4.78, 5) is 16.7. The third kappa shape index (κ3) is 4.43. The van der Waals surface area contributed by atoms with Crippen LogP contribution < -0.4 is 10.1 Å². The second-order valence-electron chi connectivity index (χ2n) is 5.62. The molecule has 0 bridgehead atoms. The maximum absolute atomic E-state index is 12.2. The van der Waals surface area contributed by atoms with Crippen LogP contribution in [0.3, 0.4) is 0 Å². The zero-order valence-electron chi connectivity index (χ0n) is 14.7. The Hall–Kier alpha value is -2.80. The number of nitrogens with zero attached hydrogens (tertiary/aromatic N) is 2. The first kappa shape index (κ1) is 18.0. The average molecular weight is 368 g/mol. The molecule has 0 unspecified atom stereocenters. The van der Waals surface area contributed by atoms with E-state index in [0.29, 0.717) is 23.0 Å². The minimum absolute atomic E-state index is 0.101. The highest BCUT2D eigenvalue weighted by molar-refractivity contribution is 7.99. The average Bonchev–Trinajstić information content (AvgIpc) is 3.14. The lowest BCUT2D eigenvalue weighted by Crippen LogP contribution is -2.25. The molecule has 2 N–H and O–H groups in total.